The molecule has 0 fully saturated rings. The number of halogens is 3. The molecule has 2 nitrogen and oxygen atoms in total. The van der Waals surface area contributed by atoms with Crippen molar-refractivity contribution in [3.63, 3.8) is 0 Å². The smallest absolute Gasteiger partial charge is 0.486 e. The number of nitrogens with zero attached hydrogens (tertiary/aromatic N) is 1. The van der Waals surface area contributed by atoms with Crippen LogP contribution in [0.3, 0.4) is 0 Å². The molecule has 0 aliphatic carbocycles. The van der Waals surface area contributed by atoms with Gasteiger partial charge in [0, 0.05) is 0 Å². The number of nitroso groups, excluding NO2 is 1. The van der Waals surface area contributed by atoms with E-state index in [-0.39, 0.29) is 4.70 Å². The minimum Gasteiger partial charge on any atom is -1.00 e. The van der Waals surface area contributed by atoms with E-state index in [1.54, 1.807) is 0 Å². The number of hydrogen-bond acceptors (Lipinski definition) is 1. The highest BCUT2D eigenvalue weighted by Crippen LogP contribution is 1.63. The van der Waals surface area contributed by atoms with Crippen LogP contribution < -0.4 is 4.70 Å². The molecule has 0 aliphatic rings. The van der Waals surface area contributed by atoms with E-state index in [1.807, 2.05) is 0 Å². The molecule has 32 valence electrons. The van der Waals surface area contributed by atoms with Crippen LogP contribution in [0.2, 0.25) is 0 Å². The SMILES string of the molecule is O=[N+](F)F.[F-]. The Morgan fingerprint density at radius 1 is 1.40 bits per heavy atom. The summed E-state index contributed by atoms with van der Waals surface area (Å²) < 4.78 is 19.2. The van der Waals surface area contributed by atoms with Gasteiger partial charge in [-0.05, 0) is 0 Å². The molecule has 0 saturated heterocycles. The van der Waals surface area contributed by atoms with Crippen molar-refractivity contribution in [2.45, 2.75) is 0 Å². The summed E-state index contributed by atoms with van der Waals surface area (Å²) in [6.07, 6.45) is 0. The van der Waals surface area contributed by atoms with Crippen LogP contribution >= 0.6 is 0 Å². The Labute approximate surface area is 25.2 Å². The first-order chi connectivity index (χ1) is 1.73. The fourth-order valence-electron chi connectivity index (χ4n) is 0. The highest BCUT2D eigenvalue weighted by molar-refractivity contribution is 3.57. The van der Waals surface area contributed by atoms with Gasteiger partial charge in [-0.1, -0.05) is 0 Å². The zero-order chi connectivity index (χ0) is 3.58. The molecular formula is F3NO. The van der Waals surface area contributed by atoms with Crippen molar-refractivity contribution in [3.05, 3.63) is 4.91 Å². The summed E-state index contributed by atoms with van der Waals surface area (Å²) in [5.74, 6) is 0. The van der Waals surface area contributed by atoms with Gasteiger partial charge in [-0.25, -0.2) is 0 Å². The maximum atomic E-state index is 9.61. The van der Waals surface area contributed by atoms with Crippen molar-refractivity contribution in [1.29, 1.82) is 0 Å². The molecule has 0 aromatic rings. The maximum Gasteiger partial charge on any atom is 0.486 e. The van der Waals surface area contributed by atoms with Gasteiger partial charge in [-0.15, -0.1) is 0 Å². The Balaban J connectivity index is 0. The third-order valence-electron chi connectivity index (χ3n) is 0. The molecule has 0 amide bonds. The lowest BCUT2D eigenvalue weighted by atomic mass is 13.5. The molecule has 0 unspecified atom stereocenters. The lowest BCUT2D eigenvalue weighted by Gasteiger charge is -1.25. The van der Waals surface area contributed by atoms with E-state index in [1.165, 1.54) is 0 Å². The van der Waals surface area contributed by atoms with E-state index in [2.05, 4.69) is 0 Å². The van der Waals surface area contributed by atoms with Gasteiger partial charge in [-0.2, -0.15) is 0 Å². The number of hydrogen-bond donors (Lipinski definition) is 0. The van der Waals surface area contributed by atoms with E-state index in [4.69, 9.17) is 4.91 Å². The Hall–Kier alpha value is -0.610. The minimum atomic E-state index is -2.25. The van der Waals surface area contributed by atoms with Gasteiger partial charge in [0.1, 0.15) is 4.91 Å². The van der Waals surface area contributed by atoms with E-state index in [0.717, 1.165) is 0 Å². The highest BCUT2D eigenvalue weighted by atomic mass is 19.4. The molecule has 0 spiro atoms. The molecule has 0 atom stereocenters. The molecule has 5 heteroatoms. The second-order valence-corrected chi connectivity index (χ2v) is 0.202. The predicted molar refractivity (Wildman–Crippen MR) is 5.84 cm³/mol. The molecule has 0 rings (SSSR count). The molecule has 0 heterocycles. The maximum absolute atomic E-state index is 9.61. The van der Waals surface area contributed by atoms with Crippen LogP contribution in [0, 0.1) is 4.91 Å². The summed E-state index contributed by atoms with van der Waals surface area (Å²) >= 11 is 0. The van der Waals surface area contributed by atoms with Crippen LogP contribution in [-0.4, -0.2) is 5.20 Å². The van der Waals surface area contributed by atoms with Crippen molar-refractivity contribution >= 4 is 0 Å². The molecule has 0 radical (unpaired) electrons. The average Bonchev–Trinajstić information content (AvgIpc) is 0.811. The molecule has 0 aromatic carbocycles. The third-order valence-corrected chi connectivity index (χ3v) is 0. The van der Waals surface area contributed by atoms with Crippen LogP contribution in [0.25, 0.3) is 0 Å². The second-order valence-electron chi connectivity index (χ2n) is 0.202. The first-order valence-corrected chi connectivity index (χ1v) is 0.521. The standard InChI is InChI=1S/F2NO.FH/c1-3(2)4;/h;1H/q+1;/p-1. The highest BCUT2D eigenvalue weighted by Gasteiger charge is 1.92. The topological polar surface area (TPSA) is 20.1 Å². The van der Waals surface area contributed by atoms with Gasteiger partial charge in [0.05, 0.1) is 0 Å². The van der Waals surface area contributed by atoms with Crippen LogP contribution in [0.1, 0.15) is 0 Å². The second kappa shape index (κ2) is 3.39. The normalized spacial score (nSPS) is 5.20. The van der Waals surface area contributed by atoms with Gasteiger partial charge >= 0.3 is 5.20 Å². The van der Waals surface area contributed by atoms with E-state index >= 15 is 0 Å². The summed E-state index contributed by atoms with van der Waals surface area (Å²) in [7, 11) is 0. The fourth-order valence-corrected chi connectivity index (χ4v) is 0. The van der Waals surface area contributed by atoms with E-state index < -0.39 is 5.20 Å². The Bertz CT molecular complexity index is 29.9. The van der Waals surface area contributed by atoms with Crippen LogP contribution in [0.15, 0.2) is 0 Å². The zero-order valence-electron chi connectivity index (χ0n) is 1.99. The van der Waals surface area contributed by atoms with Gasteiger partial charge < -0.3 is 4.70 Å². The minimum absolute atomic E-state index is 0. The predicted octanol–water partition coefficient (Wildman–Crippen LogP) is -2.46. The molecule has 0 saturated carbocycles. The lowest BCUT2D eigenvalue weighted by molar-refractivity contribution is -0.869. The average molecular weight is 87.0 g/mol. The fraction of sp³-hybridized carbons (Fsp3) is 0. The van der Waals surface area contributed by atoms with E-state index in [0.29, 0.717) is 0 Å². The van der Waals surface area contributed by atoms with Crippen LogP contribution in [0.4, 0.5) is 8.96 Å². The lowest BCUT2D eigenvalue weighted by Crippen LogP contribution is -3.00. The van der Waals surface area contributed by atoms with Crippen molar-refractivity contribution in [1.82, 2.24) is 0 Å². The quantitative estimate of drug-likeness (QED) is 0.300. The van der Waals surface area contributed by atoms with Crippen LogP contribution in [-0.2, 0) is 0 Å². The third kappa shape index (κ3) is 17.6. The molecule has 5 heavy (non-hydrogen) atoms. The van der Waals surface area contributed by atoms with Gasteiger partial charge in [-0.3, -0.25) is 0 Å². The largest absolute Gasteiger partial charge is 1.00 e. The summed E-state index contributed by atoms with van der Waals surface area (Å²) in [5, 5.41) is -2.25. The molecule has 0 aliphatic heterocycles. The monoisotopic (exact) mass is 87.0 g/mol. The van der Waals surface area contributed by atoms with Crippen molar-refractivity contribution in [2.24, 2.45) is 0 Å². The van der Waals surface area contributed by atoms with Crippen molar-refractivity contribution < 1.29 is 18.9 Å². The van der Waals surface area contributed by atoms with Crippen molar-refractivity contribution in [2.75, 3.05) is 0 Å². The first kappa shape index (κ1) is 8.83. The van der Waals surface area contributed by atoms with Gasteiger partial charge in [0.25, 0.3) is 0 Å². The zero-order valence-corrected chi connectivity index (χ0v) is 1.99. The summed E-state index contributed by atoms with van der Waals surface area (Å²) in [6, 6.07) is 0. The van der Waals surface area contributed by atoms with Crippen molar-refractivity contribution in [3.8, 4) is 0 Å². The Morgan fingerprint density at radius 3 is 1.40 bits per heavy atom. The van der Waals surface area contributed by atoms with Crippen LogP contribution in [0.5, 0.6) is 0 Å². The van der Waals surface area contributed by atoms with Gasteiger partial charge in [0.15, 0.2) is 8.96 Å². The molecule has 0 N–H and O–H groups in total. The summed E-state index contributed by atoms with van der Waals surface area (Å²) in [4.78, 5) is 8.03. The summed E-state index contributed by atoms with van der Waals surface area (Å²) in [5.41, 5.74) is 0. The summed E-state index contributed by atoms with van der Waals surface area (Å²) in [6.45, 7) is 0. The molecular weight excluding hydrogens is 87.0 g/mol. The Kier molecular flexibility index (Phi) is 5.99. The van der Waals surface area contributed by atoms with Gasteiger partial charge in [0.2, 0.25) is 0 Å². The molecule has 0 aromatic heterocycles. The van der Waals surface area contributed by atoms with E-state index in [9.17, 15) is 8.96 Å². The molecule has 0 bridgehead atoms. The Morgan fingerprint density at radius 2 is 1.40 bits per heavy atom. The first-order valence-electron chi connectivity index (χ1n) is 0.521. The number of rotatable bonds is 0.